The van der Waals surface area contributed by atoms with Gasteiger partial charge in [-0.2, -0.15) is 0 Å². The molecule has 0 saturated carbocycles. The zero-order valence-electron chi connectivity index (χ0n) is 16.8. The number of hydrogen-bond acceptors (Lipinski definition) is 4. The molecule has 0 spiro atoms. The first kappa shape index (κ1) is 22.7. The Bertz CT molecular complexity index is 1310. The normalized spacial score (nSPS) is 15.1. The average Bonchev–Trinajstić information content (AvgIpc) is 2.78. The number of hydrogen-bond donors (Lipinski definition) is 1. The molecule has 0 bridgehead atoms. The molecule has 3 aromatic rings. The maximum absolute atomic E-state index is 13.8. The summed E-state index contributed by atoms with van der Waals surface area (Å²) in [5.41, 5.74) is 0.844. The number of rotatable bonds is 5. The fraction of sp³-hybridized carbons (Fsp3) is 0.0417. The van der Waals surface area contributed by atoms with Gasteiger partial charge < -0.3 is 4.74 Å². The first-order valence-electron chi connectivity index (χ1n) is 9.67. The molecule has 3 aromatic carbocycles. The highest BCUT2D eigenvalue weighted by atomic mass is 79.9. The molecule has 1 heterocycles. The summed E-state index contributed by atoms with van der Waals surface area (Å²) in [6.45, 7) is 0.0293. The predicted octanol–water partition coefficient (Wildman–Crippen LogP) is 5.49. The van der Waals surface area contributed by atoms with E-state index in [1.165, 1.54) is 24.3 Å². The number of ether oxygens (including phenoxy) is 1. The molecular weight excluding hydrogens is 515 g/mol. The van der Waals surface area contributed by atoms with Crippen LogP contribution in [-0.2, 0) is 16.2 Å². The molecule has 1 fully saturated rings. The molecular formula is C24H15BrClFN2O4. The van der Waals surface area contributed by atoms with Crippen molar-refractivity contribution in [1.29, 1.82) is 0 Å². The van der Waals surface area contributed by atoms with Gasteiger partial charge in [-0.1, -0.05) is 48.0 Å². The van der Waals surface area contributed by atoms with E-state index in [1.807, 2.05) is 0 Å². The van der Waals surface area contributed by atoms with Crippen LogP contribution in [0.5, 0.6) is 5.75 Å². The summed E-state index contributed by atoms with van der Waals surface area (Å²) < 4.78 is 20.0. The maximum atomic E-state index is 13.8. The zero-order valence-corrected chi connectivity index (χ0v) is 19.2. The number of benzene rings is 3. The highest BCUT2D eigenvalue weighted by Gasteiger charge is 2.37. The lowest BCUT2D eigenvalue weighted by molar-refractivity contribution is -0.122. The van der Waals surface area contributed by atoms with Gasteiger partial charge in [0, 0.05) is 5.56 Å². The third-order valence-corrected chi connectivity index (χ3v) is 5.74. The lowest BCUT2D eigenvalue weighted by Gasteiger charge is -2.27. The Hall–Kier alpha value is -3.49. The summed E-state index contributed by atoms with van der Waals surface area (Å²) in [5.74, 6) is -1.53. The SMILES string of the molecule is O=C1NC(=O)N(c2ccccc2Cl)C(=O)/C1=C/c1ccc(OCc2ccccc2F)c(Br)c1. The number of nitrogens with zero attached hydrogens (tertiary/aromatic N) is 1. The van der Waals surface area contributed by atoms with Crippen molar-refractivity contribution in [3.05, 3.63) is 98.7 Å². The molecule has 1 aliphatic heterocycles. The molecule has 4 amide bonds. The molecule has 1 N–H and O–H groups in total. The molecule has 6 nitrogen and oxygen atoms in total. The minimum atomic E-state index is -0.881. The quantitative estimate of drug-likeness (QED) is 0.350. The summed E-state index contributed by atoms with van der Waals surface area (Å²) in [5, 5.41) is 2.34. The van der Waals surface area contributed by atoms with E-state index in [0.717, 1.165) is 4.90 Å². The highest BCUT2D eigenvalue weighted by molar-refractivity contribution is 9.10. The van der Waals surface area contributed by atoms with Gasteiger partial charge in [-0.05, 0) is 57.9 Å². The van der Waals surface area contributed by atoms with Crippen molar-refractivity contribution in [2.24, 2.45) is 0 Å². The summed E-state index contributed by atoms with van der Waals surface area (Å²) in [4.78, 5) is 38.5. The second kappa shape index (κ2) is 9.56. The van der Waals surface area contributed by atoms with Crippen LogP contribution in [0.4, 0.5) is 14.9 Å². The molecule has 4 rings (SSSR count). The Morgan fingerprint density at radius 2 is 1.76 bits per heavy atom. The van der Waals surface area contributed by atoms with Crippen molar-refractivity contribution < 1.29 is 23.5 Å². The number of halogens is 3. The minimum absolute atomic E-state index is 0.0293. The van der Waals surface area contributed by atoms with Crippen molar-refractivity contribution in [3.8, 4) is 5.75 Å². The van der Waals surface area contributed by atoms with E-state index in [1.54, 1.807) is 48.5 Å². The van der Waals surface area contributed by atoms with Crippen LogP contribution in [0.3, 0.4) is 0 Å². The molecule has 9 heteroatoms. The van der Waals surface area contributed by atoms with Crippen LogP contribution in [0.1, 0.15) is 11.1 Å². The van der Waals surface area contributed by atoms with Crippen LogP contribution in [-0.4, -0.2) is 17.8 Å². The predicted molar refractivity (Wildman–Crippen MR) is 125 cm³/mol. The number of anilines is 1. The number of nitrogens with one attached hydrogen (secondary N) is 1. The fourth-order valence-electron chi connectivity index (χ4n) is 3.17. The smallest absolute Gasteiger partial charge is 0.335 e. The number of amides is 4. The van der Waals surface area contributed by atoms with Crippen molar-refractivity contribution in [2.45, 2.75) is 6.61 Å². The van der Waals surface area contributed by atoms with E-state index in [4.69, 9.17) is 16.3 Å². The second-order valence-electron chi connectivity index (χ2n) is 6.98. The number of barbiturate groups is 1. The third-order valence-electron chi connectivity index (χ3n) is 4.80. The van der Waals surface area contributed by atoms with Crippen LogP contribution >= 0.6 is 27.5 Å². The molecule has 0 atom stereocenters. The summed E-state index contributed by atoms with van der Waals surface area (Å²) >= 11 is 9.52. The standard InChI is InChI=1S/C24H15BrClFN2O4/c25-17-12-14(9-10-21(17)33-13-15-5-1-3-7-19(15)27)11-16-22(30)28-24(32)29(23(16)31)20-8-4-2-6-18(20)26/h1-12H,13H2,(H,28,30,32)/b16-11+. The molecule has 1 aliphatic rings. The van der Waals surface area contributed by atoms with E-state index in [2.05, 4.69) is 21.2 Å². The van der Waals surface area contributed by atoms with Crippen LogP contribution in [0.15, 0.2) is 76.8 Å². The largest absolute Gasteiger partial charge is 0.488 e. The fourth-order valence-corrected chi connectivity index (χ4v) is 3.90. The van der Waals surface area contributed by atoms with Gasteiger partial charge in [-0.3, -0.25) is 14.9 Å². The summed E-state index contributed by atoms with van der Waals surface area (Å²) in [6.07, 6.45) is 1.36. The minimum Gasteiger partial charge on any atom is -0.488 e. The lowest BCUT2D eigenvalue weighted by atomic mass is 10.1. The average molecular weight is 530 g/mol. The van der Waals surface area contributed by atoms with Gasteiger partial charge in [-0.15, -0.1) is 0 Å². The van der Waals surface area contributed by atoms with Gasteiger partial charge in [0.05, 0.1) is 15.2 Å². The number of urea groups is 1. The molecule has 1 saturated heterocycles. The van der Waals surface area contributed by atoms with E-state index in [-0.39, 0.29) is 28.7 Å². The van der Waals surface area contributed by atoms with Gasteiger partial charge in [0.25, 0.3) is 11.8 Å². The zero-order chi connectivity index (χ0) is 23.5. The number of carbonyl (C=O) groups is 3. The summed E-state index contributed by atoms with van der Waals surface area (Å²) in [6, 6.07) is 16.6. The van der Waals surface area contributed by atoms with Crippen molar-refractivity contribution in [1.82, 2.24) is 5.32 Å². The third kappa shape index (κ3) is 4.81. The Balaban J connectivity index is 1.58. The first-order valence-corrected chi connectivity index (χ1v) is 10.8. The Kier molecular flexibility index (Phi) is 6.57. The molecule has 166 valence electrons. The van der Waals surface area contributed by atoms with Gasteiger partial charge in [0.1, 0.15) is 23.7 Å². The molecule has 0 unspecified atom stereocenters. The van der Waals surface area contributed by atoms with Gasteiger partial charge in [0.2, 0.25) is 0 Å². The Morgan fingerprint density at radius 3 is 2.48 bits per heavy atom. The number of carbonyl (C=O) groups excluding carboxylic acids is 3. The van der Waals surface area contributed by atoms with E-state index < -0.39 is 17.8 Å². The first-order chi connectivity index (χ1) is 15.8. The molecule has 0 aromatic heterocycles. The lowest BCUT2D eigenvalue weighted by Crippen LogP contribution is -2.54. The van der Waals surface area contributed by atoms with E-state index in [0.29, 0.717) is 21.3 Å². The Labute approximate surface area is 201 Å². The molecule has 0 radical (unpaired) electrons. The molecule has 33 heavy (non-hydrogen) atoms. The summed E-state index contributed by atoms with van der Waals surface area (Å²) in [7, 11) is 0. The second-order valence-corrected chi connectivity index (χ2v) is 8.24. The van der Waals surface area contributed by atoms with E-state index in [9.17, 15) is 18.8 Å². The number of imide groups is 2. The van der Waals surface area contributed by atoms with Crippen LogP contribution in [0, 0.1) is 5.82 Å². The van der Waals surface area contributed by atoms with Crippen molar-refractivity contribution in [2.75, 3.05) is 4.90 Å². The van der Waals surface area contributed by atoms with Gasteiger partial charge in [-0.25, -0.2) is 14.1 Å². The highest BCUT2D eigenvalue weighted by Crippen LogP contribution is 2.31. The van der Waals surface area contributed by atoms with Crippen LogP contribution in [0.2, 0.25) is 5.02 Å². The number of para-hydroxylation sites is 1. The van der Waals surface area contributed by atoms with Crippen LogP contribution in [0.25, 0.3) is 6.08 Å². The van der Waals surface area contributed by atoms with Crippen molar-refractivity contribution >= 4 is 57.1 Å². The van der Waals surface area contributed by atoms with Gasteiger partial charge >= 0.3 is 6.03 Å². The van der Waals surface area contributed by atoms with Crippen LogP contribution < -0.4 is 15.0 Å². The van der Waals surface area contributed by atoms with Crippen molar-refractivity contribution in [3.63, 3.8) is 0 Å². The Morgan fingerprint density at radius 1 is 1.03 bits per heavy atom. The van der Waals surface area contributed by atoms with Gasteiger partial charge in [0.15, 0.2) is 0 Å². The van der Waals surface area contributed by atoms with E-state index >= 15 is 0 Å². The maximum Gasteiger partial charge on any atom is 0.335 e. The molecule has 0 aliphatic carbocycles. The monoisotopic (exact) mass is 528 g/mol. The topological polar surface area (TPSA) is 75.7 Å².